The Balaban J connectivity index is 2.73. The van der Waals surface area contributed by atoms with Crippen LogP contribution >= 0.6 is 0 Å². The number of ether oxygens (including phenoxy) is 1. The van der Waals surface area contributed by atoms with Crippen molar-refractivity contribution in [1.82, 2.24) is 5.43 Å². The first-order chi connectivity index (χ1) is 8.17. The molecular formula is C13H21N3O. The Labute approximate surface area is 103 Å². The van der Waals surface area contributed by atoms with Gasteiger partial charge in [-0.15, -0.1) is 0 Å². The van der Waals surface area contributed by atoms with E-state index in [9.17, 15) is 0 Å². The van der Waals surface area contributed by atoms with Crippen LogP contribution in [0.3, 0.4) is 0 Å². The van der Waals surface area contributed by atoms with Gasteiger partial charge in [0.15, 0.2) is 0 Å². The predicted octanol–water partition coefficient (Wildman–Crippen LogP) is 1.35. The topological polar surface area (TPSA) is 59.6 Å². The summed E-state index contributed by atoms with van der Waals surface area (Å²) in [5.41, 5.74) is 6.40. The third-order valence-corrected chi connectivity index (χ3v) is 2.63. The van der Waals surface area contributed by atoms with E-state index in [2.05, 4.69) is 42.5 Å². The Hall–Kier alpha value is -1.39. The number of hydrogen-bond acceptors (Lipinski definition) is 3. The SMILES string of the molecule is COCCN=C(Cc1cc(C)ccc1C)NN. The van der Waals surface area contributed by atoms with Crippen LogP contribution in [0.25, 0.3) is 0 Å². The Morgan fingerprint density at radius 2 is 2.18 bits per heavy atom. The first-order valence-corrected chi connectivity index (χ1v) is 5.72. The van der Waals surface area contributed by atoms with E-state index in [-0.39, 0.29) is 0 Å². The minimum Gasteiger partial charge on any atom is -0.383 e. The first kappa shape index (κ1) is 13.7. The van der Waals surface area contributed by atoms with Crippen LogP contribution in [-0.4, -0.2) is 26.1 Å². The summed E-state index contributed by atoms with van der Waals surface area (Å²) >= 11 is 0. The van der Waals surface area contributed by atoms with Gasteiger partial charge in [-0.1, -0.05) is 23.8 Å². The number of hydrazine groups is 1. The van der Waals surface area contributed by atoms with E-state index in [0.717, 1.165) is 12.3 Å². The number of methoxy groups -OCH3 is 1. The van der Waals surface area contributed by atoms with Crippen molar-refractivity contribution in [3.63, 3.8) is 0 Å². The van der Waals surface area contributed by atoms with Crippen LogP contribution < -0.4 is 11.3 Å². The average molecular weight is 235 g/mol. The van der Waals surface area contributed by atoms with Crippen LogP contribution in [0.4, 0.5) is 0 Å². The van der Waals surface area contributed by atoms with Gasteiger partial charge in [-0.2, -0.15) is 0 Å². The fourth-order valence-corrected chi connectivity index (χ4v) is 1.60. The Bertz CT molecular complexity index is 388. The summed E-state index contributed by atoms with van der Waals surface area (Å²) in [6.07, 6.45) is 0.730. The molecule has 1 aromatic carbocycles. The lowest BCUT2D eigenvalue weighted by molar-refractivity contribution is 0.208. The highest BCUT2D eigenvalue weighted by atomic mass is 16.5. The Kier molecular flexibility index (Phi) is 5.66. The van der Waals surface area contributed by atoms with Gasteiger partial charge in [-0.25, -0.2) is 5.84 Å². The lowest BCUT2D eigenvalue weighted by Gasteiger charge is -2.09. The fourth-order valence-electron chi connectivity index (χ4n) is 1.60. The fraction of sp³-hybridized carbons (Fsp3) is 0.462. The highest BCUT2D eigenvalue weighted by Crippen LogP contribution is 2.11. The number of amidine groups is 1. The summed E-state index contributed by atoms with van der Waals surface area (Å²) in [6, 6.07) is 6.39. The standard InChI is InChI=1S/C13H21N3O/c1-10-4-5-11(2)12(8-10)9-13(16-14)15-6-7-17-3/h4-5,8H,6-7,9,14H2,1-3H3,(H,15,16). The van der Waals surface area contributed by atoms with Crippen molar-refractivity contribution in [2.24, 2.45) is 10.8 Å². The second-order valence-electron chi connectivity index (χ2n) is 4.07. The minimum atomic E-state index is 0.609. The molecule has 94 valence electrons. The van der Waals surface area contributed by atoms with Gasteiger partial charge in [-0.3, -0.25) is 4.99 Å². The Morgan fingerprint density at radius 3 is 2.82 bits per heavy atom. The molecule has 0 saturated heterocycles. The van der Waals surface area contributed by atoms with Crippen LogP contribution in [-0.2, 0) is 11.2 Å². The van der Waals surface area contributed by atoms with Gasteiger partial charge < -0.3 is 10.2 Å². The molecule has 0 fully saturated rings. The number of nitrogens with one attached hydrogen (secondary N) is 1. The van der Waals surface area contributed by atoms with E-state index >= 15 is 0 Å². The molecule has 4 heteroatoms. The molecule has 1 rings (SSSR count). The van der Waals surface area contributed by atoms with Gasteiger partial charge in [0.05, 0.1) is 13.2 Å². The number of nitrogens with zero attached hydrogens (tertiary/aromatic N) is 1. The molecular weight excluding hydrogens is 214 g/mol. The van der Waals surface area contributed by atoms with Crippen LogP contribution in [0.5, 0.6) is 0 Å². The molecule has 1 aromatic rings. The van der Waals surface area contributed by atoms with E-state index in [1.165, 1.54) is 16.7 Å². The molecule has 0 unspecified atom stereocenters. The maximum atomic E-state index is 5.47. The van der Waals surface area contributed by atoms with E-state index in [4.69, 9.17) is 10.6 Å². The summed E-state index contributed by atoms with van der Waals surface area (Å²) in [7, 11) is 1.66. The predicted molar refractivity (Wildman–Crippen MR) is 71.1 cm³/mol. The number of hydrogen-bond donors (Lipinski definition) is 2. The molecule has 0 aromatic heterocycles. The summed E-state index contributed by atoms with van der Waals surface area (Å²) in [5.74, 6) is 6.26. The third kappa shape index (κ3) is 4.54. The number of aliphatic imine (C=N–C) groups is 1. The van der Waals surface area contributed by atoms with Gasteiger partial charge >= 0.3 is 0 Å². The number of rotatable bonds is 5. The molecule has 0 aliphatic heterocycles. The van der Waals surface area contributed by atoms with Crippen LogP contribution in [0.15, 0.2) is 23.2 Å². The monoisotopic (exact) mass is 235 g/mol. The summed E-state index contributed by atoms with van der Waals surface area (Å²) in [4.78, 5) is 4.35. The summed E-state index contributed by atoms with van der Waals surface area (Å²) in [5, 5.41) is 0. The van der Waals surface area contributed by atoms with E-state index in [1.54, 1.807) is 7.11 Å². The van der Waals surface area contributed by atoms with Gasteiger partial charge in [0, 0.05) is 13.5 Å². The zero-order chi connectivity index (χ0) is 12.7. The maximum Gasteiger partial charge on any atom is 0.115 e. The van der Waals surface area contributed by atoms with E-state index < -0.39 is 0 Å². The molecule has 0 aliphatic rings. The van der Waals surface area contributed by atoms with E-state index in [0.29, 0.717) is 13.2 Å². The summed E-state index contributed by atoms with van der Waals surface area (Å²) in [6.45, 7) is 5.41. The molecule has 0 saturated carbocycles. The molecule has 0 heterocycles. The van der Waals surface area contributed by atoms with Crippen molar-refractivity contribution in [2.45, 2.75) is 20.3 Å². The molecule has 3 N–H and O–H groups in total. The molecule has 0 radical (unpaired) electrons. The van der Waals surface area contributed by atoms with Crippen molar-refractivity contribution in [1.29, 1.82) is 0 Å². The van der Waals surface area contributed by atoms with Crippen molar-refractivity contribution < 1.29 is 4.74 Å². The summed E-state index contributed by atoms with van der Waals surface area (Å²) < 4.78 is 4.95. The highest BCUT2D eigenvalue weighted by Gasteiger charge is 2.03. The van der Waals surface area contributed by atoms with E-state index in [1.807, 2.05) is 0 Å². The molecule has 0 aliphatic carbocycles. The molecule has 0 bridgehead atoms. The van der Waals surface area contributed by atoms with Crippen LogP contribution in [0.2, 0.25) is 0 Å². The van der Waals surface area contributed by atoms with Gasteiger partial charge in [0.25, 0.3) is 0 Å². The van der Waals surface area contributed by atoms with Crippen molar-refractivity contribution >= 4 is 5.84 Å². The highest BCUT2D eigenvalue weighted by molar-refractivity contribution is 5.84. The largest absolute Gasteiger partial charge is 0.383 e. The van der Waals surface area contributed by atoms with Gasteiger partial charge in [0.1, 0.15) is 5.84 Å². The van der Waals surface area contributed by atoms with Crippen molar-refractivity contribution in [3.05, 3.63) is 34.9 Å². The van der Waals surface area contributed by atoms with Crippen LogP contribution in [0.1, 0.15) is 16.7 Å². The van der Waals surface area contributed by atoms with Crippen molar-refractivity contribution in [3.8, 4) is 0 Å². The van der Waals surface area contributed by atoms with Gasteiger partial charge in [-0.05, 0) is 25.0 Å². The zero-order valence-electron chi connectivity index (χ0n) is 10.8. The lowest BCUT2D eigenvalue weighted by Crippen LogP contribution is -2.32. The molecule has 17 heavy (non-hydrogen) atoms. The number of aryl methyl sites for hydroxylation is 2. The average Bonchev–Trinajstić information content (AvgIpc) is 2.32. The normalized spacial score (nSPS) is 11.6. The second kappa shape index (κ2) is 7.04. The molecule has 0 amide bonds. The quantitative estimate of drug-likeness (QED) is 0.266. The first-order valence-electron chi connectivity index (χ1n) is 5.72. The molecule has 0 spiro atoms. The van der Waals surface area contributed by atoms with Crippen molar-refractivity contribution in [2.75, 3.05) is 20.3 Å². The maximum absolute atomic E-state index is 5.47. The third-order valence-electron chi connectivity index (χ3n) is 2.63. The second-order valence-corrected chi connectivity index (χ2v) is 4.07. The lowest BCUT2D eigenvalue weighted by atomic mass is 10.0. The number of nitrogens with two attached hydrogens (primary N) is 1. The molecule has 4 nitrogen and oxygen atoms in total. The van der Waals surface area contributed by atoms with Gasteiger partial charge in [0.2, 0.25) is 0 Å². The Morgan fingerprint density at radius 1 is 1.41 bits per heavy atom. The minimum absolute atomic E-state index is 0.609. The smallest absolute Gasteiger partial charge is 0.115 e. The van der Waals surface area contributed by atoms with Crippen LogP contribution in [0, 0.1) is 13.8 Å². The molecule has 0 atom stereocenters. The zero-order valence-corrected chi connectivity index (χ0v) is 10.8. The number of benzene rings is 1.